The van der Waals surface area contributed by atoms with Crippen LogP contribution in [0.2, 0.25) is 0 Å². The minimum absolute atomic E-state index is 1.20. The van der Waals surface area contributed by atoms with Gasteiger partial charge in [0.25, 0.3) is 0 Å². The number of benzene rings is 2. The predicted molar refractivity (Wildman–Crippen MR) is 79.8 cm³/mol. The molecule has 0 N–H and O–H groups in total. The smallest absolute Gasteiger partial charge is 0.0149 e. The van der Waals surface area contributed by atoms with Crippen LogP contribution < -0.4 is 0 Å². The van der Waals surface area contributed by atoms with E-state index in [2.05, 4.69) is 62.4 Å². The van der Waals surface area contributed by atoms with Crippen LogP contribution in [0.1, 0.15) is 37.3 Å². The number of rotatable bonds is 5. The number of unbranched alkanes of at least 4 members (excludes halogenated alkanes) is 2. The summed E-state index contributed by atoms with van der Waals surface area (Å²) >= 11 is 0. The van der Waals surface area contributed by atoms with Gasteiger partial charge in [-0.15, -0.1) is 0 Å². The lowest BCUT2D eigenvalue weighted by Gasteiger charge is -2.12. The summed E-state index contributed by atoms with van der Waals surface area (Å²) in [6, 6.07) is 17.4. The molecule has 2 rings (SSSR count). The van der Waals surface area contributed by atoms with Crippen LogP contribution >= 0.6 is 0 Å². The third-order valence-corrected chi connectivity index (χ3v) is 3.53. The second kappa shape index (κ2) is 6.39. The van der Waals surface area contributed by atoms with Gasteiger partial charge in [-0.2, -0.15) is 0 Å². The van der Waals surface area contributed by atoms with E-state index < -0.39 is 0 Å². The van der Waals surface area contributed by atoms with Crippen molar-refractivity contribution in [3.8, 4) is 11.1 Å². The third kappa shape index (κ3) is 3.01. The van der Waals surface area contributed by atoms with E-state index in [-0.39, 0.29) is 0 Å². The highest BCUT2D eigenvalue weighted by Gasteiger charge is 2.06. The van der Waals surface area contributed by atoms with Gasteiger partial charge in [-0.3, -0.25) is 0 Å². The van der Waals surface area contributed by atoms with Crippen LogP contribution in [0.4, 0.5) is 0 Å². The first-order valence-corrected chi connectivity index (χ1v) is 6.97. The Hall–Kier alpha value is -1.56. The summed E-state index contributed by atoms with van der Waals surface area (Å²) in [6.45, 7) is 4.49. The zero-order valence-corrected chi connectivity index (χ0v) is 11.4. The molecule has 0 bridgehead atoms. The molecule has 18 heavy (non-hydrogen) atoms. The van der Waals surface area contributed by atoms with E-state index in [0.717, 1.165) is 0 Å². The molecule has 0 spiro atoms. The average Bonchev–Trinajstić information content (AvgIpc) is 2.42. The fourth-order valence-electron chi connectivity index (χ4n) is 2.47. The van der Waals surface area contributed by atoms with Gasteiger partial charge < -0.3 is 0 Å². The first-order chi connectivity index (χ1) is 8.83. The fourth-order valence-corrected chi connectivity index (χ4v) is 2.47. The molecule has 0 heterocycles. The van der Waals surface area contributed by atoms with E-state index in [9.17, 15) is 0 Å². The van der Waals surface area contributed by atoms with Gasteiger partial charge in [0.15, 0.2) is 0 Å². The van der Waals surface area contributed by atoms with Crippen molar-refractivity contribution in [2.45, 2.75) is 39.5 Å². The Balaban J connectivity index is 2.32. The molecule has 0 unspecified atom stereocenters. The lowest BCUT2D eigenvalue weighted by Crippen LogP contribution is -1.94. The molecule has 0 atom stereocenters. The molecule has 0 aromatic heterocycles. The number of hydrogen-bond donors (Lipinski definition) is 0. The summed E-state index contributed by atoms with van der Waals surface area (Å²) in [5.74, 6) is 0. The van der Waals surface area contributed by atoms with E-state index in [4.69, 9.17) is 0 Å². The molecule has 0 saturated heterocycles. The van der Waals surface area contributed by atoms with Crippen molar-refractivity contribution in [1.29, 1.82) is 0 Å². The zero-order valence-electron chi connectivity index (χ0n) is 11.4. The van der Waals surface area contributed by atoms with Crippen LogP contribution in [0.25, 0.3) is 11.1 Å². The summed E-state index contributed by atoms with van der Waals surface area (Å²) < 4.78 is 0. The Morgan fingerprint density at radius 1 is 0.833 bits per heavy atom. The largest absolute Gasteiger partial charge is 0.0654 e. The van der Waals surface area contributed by atoms with E-state index >= 15 is 0 Å². The molecular formula is C18H22. The predicted octanol–water partition coefficient (Wildman–Crippen LogP) is 5.39. The quantitative estimate of drug-likeness (QED) is 0.612. The highest BCUT2D eigenvalue weighted by atomic mass is 14.1. The molecule has 2 aromatic rings. The van der Waals surface area contributed by atoms with Crippen molar-refractivity contribution in [3.63, 3.8) is 0 Å². The summed E-state index contributed by atoms with van der Waals surface area (Å²) in [6.07, 6.45) is 5.10. The molecule has 94 valence electrons. The second-order valence-electron chi connectivity index (χ2n) is 4.92. The van der Waals surface area contributed by atoms with Crippen LogP contribution in [0.15, 0.2) is 48.5 Å². The van der Waals surface area contributed by atoms with E-state index in [1.165, 1.54) is 47.9 Å². The van der Waals surface area contributed by atoms with Gasteiger partial charge >= 0.3 is 0 Å². The molecule has 2 aromatic carbocycles. The first-order valence-electron chi connectivity index (χ1n) is 6.97. The monoisotopic (exact) mass is 238 g/mol. The van der Waals surface area contributed by atoms with Crippen molar-refractivity contribution in [2.75, 3.05) is 0 Å². The van der Waals surface area contributed by atoms with Gasteiger partial charge in [-0.05, 0) is 42.0 Å². The Morgan fingerprint density at radius 2 is 1.61 bits per heavy atom. The third-order valence-electron chi connectivity index (χ3n) is 3.53. The van der Waals surface area contributed by atoms with Crippen molar-refractivity contribution in [3.05, 3.63) is 59.7 Å². The summed E-state index contributed by atoms with van der Waals surface area (Å²) in [4.78, 5) is 0. The molecule has 0 nitrogen and oxygen atoms in total. The molecular weight excluding hydrogens is 216 g/mol. The SMILES string of the molecule is CCCCCc1c(C)cccc1-c1ccccc1. The average molecular weight is 238 g/mol. The maximum atomic E-state index is 2.26. The fraction of sp³-hybridized carbons (Fsp3) is 0.333. The van der Waals surface area contributed by atoms with E-state index in [1.54, 1.807) is 0 Å². The van der Waals surface area contributed by atoms with Crippen molar-refractivity contribution >= 4 is 0 Å². The lowest BCUT2D eigenvalue weighted by molar-refractivity contribution is 0.716. The Bertz CT molecular complexity index is 483. The van der Waals surface area contributed by atoms with E-state index in [0.29, 0.717) is 0 Å². The van der Waals surface area contributed by atoms with Crippen LogP contribution in [-0.4, -0.2) is 0 Å². The minimum atomic E-state index is 1.20. The van der Waals surface area contributed by atoms with Gasteiger partial charge in [0.1, 0.15) is 0 Å². The Kier molecular flexibility index (Phi) is 4.58. The number of hydrogen-bond acceptors (Lipinski definition) is 0. The molecule has 0 aliphatic heterocycles. The normalized spacial score (nSPS) is 10.6. The van der Waals surface area contributed by atoms with Gasteiger partial charge in [0, 0.05) is 0 Å². The molecule has 0 aliphatic rings. The maximum Gasteiger partial charge on any atom is -0.0149 e. The highest BCUT2D eigenvalue weighted by molar-refractivity contribution is 5.68. The van der Waals surface area contributed by atoms with Crippen LogP contribution in [-0.2, 0) is 6.42 Å². The second-order valence-corrected chi connectivity index (χ2v) is 4.92. The maximum absolute atomic E-state index is 2.26. The zero-order chi connectivity index (χ0) is 12.8. The van der Waals surface area contributed by atoms with Crippen molar-refractivity contribution in [1.82, 2.24) is 0 Å². The Labute approximate surface area is 111 Å². The van der Waals surface area contributed by atoms with Crippen LogP contribution in [0, 0.1) is 6.92 Å². The van der Waals surface area contributed by atoms with Gasteiger partial charge in [0.05, 0.1) is 0 Å². The molecule has 0 aliphatic carbocycles. The Morgan fingerprint density at radius 3 is 2.33 bits per heavy atom. The molecule has 0 radical (unpaired) electrons. The minimum Gasteiger partial charge on any atom is -0.0654 e. The van der Waals surface area contributed by atoms with Gasteiger partial charge in [0.2, 0.25) is 0 Å². The summed E-state index contributed by atoms with van der Waals surface area (Å²) in [5.41, 5.74) is 5.70. The van der Waals surface area contributed by atoms with Crippen molar-refractivity contribution in [2.24, 2.45) is 0 Å². The molecule has 0 saturated carbocycles. The van der Waals surface area contributed by atoms with Crippen LogP contribution in [0.5, 0.6) is 0 Å². The summed E-state index contributed by atoms with van der Waals surface area (Å²) in [5, 5.41) is 0. The van der Waals surface area contributed by atoms with Gasteiger partial charge in [-0.25, -0.2) is 0 Å². The highest BCUT2D eigenvalue weighted by Crippen LogP contribution is 2.27. The van der Waals surface area contributed by atoms with E-state index in [1.807, 2.05) is 0 Å². The van der Waals surface area contributed by atoms with Crippen LogP contribution in [0.3, 0.4) is 0 Å². The number of aryl methyl sites for hydroxylation is 1. The molecule has 0 fully saturated rings. The topological polar surface area (TPSA) is 0 Å². The molecule has 0 amide bonds. The standard InChI is InChI=1S/C18H22/c1-3-4-6-13-17-15(2)10-9-14-18(17)16-11-7-5-8-12-16/h5,7-12,14H,3-4,6,13H2,1-2H3. The lowest BCUT2D eigenvalue weighted by atomic mass is 9.92. The summed E-state index contributed by atoms with van der Waals surface area (Å²) in [7, 11) is 0. The van der Waals surface area contributed by atoms with Gasteiger partial charge in [-0.1, -0.05) is 68.3 Å². The first kappa shape index (κ1) is 12.9. The molecule has 0 heteroatoms. The van der Waals surface area contributed by atoms with Crippen molar-refractivity contribution < 1.29 is 0 Å².